The molecule has 1 saturated carbocycles. The highest BCUT2D eigenvalue weighted by Gasteiger charge is 2.61. The molecule has 4 aliphatic rings. The summed E-state index contributed by atoms with van der Waals surface area (Å²) < 4.78 is 0. The number of anilines is 2. The first-order chi connectivity index (χ1) is 13.3. The molecular weight excluding hydrogens is 336 g/mol. The summed E-state index contributed by atoms with van der Waals surface area (Å²) >= 11 is 0. The molecule has 3 aliphatic heterocycles. The largest absolute Gasteiger partial charge is 0.339 e. The second-order valence-corrected chi connectivity index (χ2v) is 9.03. The third-order valence-electron chi connectivity index (χ3n) is 7.22. The van der Waals surface area contributed by atoms with Gasteiger partial charge in [0, 0.05) is 43.6 Å². The van der Waals surface area contributed by atoms with Crippen molar-refractivity contribution in [1.29, 1.82) is 0 Å². The van der Waals surface area contributed by atoms with Gasteiger partial charge >= 0.3 is 0 Å². The summed E-state index contributed by atoms with van der Waals surface area (Å²) in [6.45, 7) is 6.52. The number of fused-ring (bicyclic) bond motifs is 1. The van der Waals surface area contributed by atoms with Crippen molar-refractivity contribution in [3.63, 3.8) is 0 Å². The van der Waals surface area contributed by atoms with E-state index in [9.17, 15) is 0 Å². The molecule has 2 atom stereocenters. The van der Waals surface area contributed by atoms with Crippen LogP contribution in [0.15, 0.2) is 36.7 Å². The second kappa shape index (κ2) is 5.64. The van der Waals surface area contributed by atoms with E-state index in [1.165, 1.54) is 24.8 Å². The number of rotatable bonds is 3. The lowest BCUT2D eigenvalue weighted by Gasteiger charge is -2.52. The molecular formula is C21H26N6. The Morgan fingerprint density at radius 1 is 1.00 bits per heavy atom. The van der Waals surface area contributed by atoms with E-state index in [1.54, 1.807) is 6.33 Å². The van der Waals surface area contributed by atoms with Gasteiger partial charge in [-0.3, -0.25) is 0 Å². The highest BCUT2D eigenvalue weighted by molar-refractivity contribution is 5.48. The lowest BCUT2D eigenvalue weighted by Crippen LogP contribution is -2.62. The third kappa shape index (κ3) is 2.46. The van der Waals surface area contributed by atoms with Crippen LogP contribution in [0.2, 0.25) is 0 Å². The molecule has 27 heavy (non-hydrogen) atoms. The van der Waals surface area contributed by atoms with Gasteiger partial charge in [-0.25, -0.2) is 9.97 Å². The Morgan fingerprint density at radius 3 is 2.59 bits per heavy atom. The Hall–Kier alpha value is -2.21. The van der Waals surface area contributed by atoms with E-state index in [-0.39, 0.29) is 0 Å². The molecule has 1 N–H and O–H groups in total. The van der Waals surface area contributed by atoms with Gasteiger partial charge in [-0.05, 0) is 37.3 Å². The first-order valence-electron chi connectivity index (χ1n) is 10.2. The van der Waals surface area contributed by atoms with Crippen LogP contribution in [0, 0.1) is 11.3 Å². The number of hydrogen-bond acceptors (Lipinski definition) is 6. The number of benzene rings is 1. The summed E-state index contributed by atoms with van der Waals surface area (Å²) in [5, 5.41) is 3.55. The zero-order chi connectivity index (χ0) is 17.9. The van der Waals surface area contributed by atoms with Crippen molar-refractivity contribution in [2.24, 2.45) is 11.3 Å². The van der Waals surface area contributed by atoms with Crippen LogP contribution in [0.1, 0.15) is 24.8 Å². The molecule has 0 radical (unpaired) electrons. The molecule has 1 aromatic heterocycles. The molecule has 2 aromatic rings. The predicted octanol–water partition coefficient (Wildman–Crippen LogP) is 1.84. The van der Waals surface area contributed by atoms with Crippen molar-refractivity contribution in [1.82, 2.24) is 20.3 Å². The summed E-state index contributed by atoms with van der Waals surface area (Å²) in [7, 11) is 0. The van der Waals surface area contributed by atoms with Gasteiger partial charge < -0.3 is 15.1 Å². The number of aromatic nitrogens is 3. The van der Waals surface area contributed by atoms with Crippen LogP contribution in [0.3, 0.4) is 0 Å². The third-order valence-corrected chi connectivity index (χ3v) is 7.22. The lowest BCUT2D eigenvalue weighted by atomic mass is 9.74. The van der Waals surface area contributed by atoms with Gasteiger partial charge in [0.1, 0.15) is 6.33 Å². The molecule has 4 heterocycles. The summed E-state index contributed by atoms with van der Waals surface area (Å²) in [5.41, 5.74) is 2.24. The Kier molecular flexibility index (Phi) is 3.30. The van der Waals surface area contributed by atoms with E-state index >= 15 is 0 Å². The summed E-state index contributed by atoms with van der Waals surface area (Å²) in [4.78, 5) is 18.5. The van der Waals surface area contributed by atoms with Crippen LogP contribution < -0.4 is 15.1 Å². The maximum absolute atomic E-state index is 4.84. The average molecular weight is 362 g/mol. The van der Waals surface area contributed by atoms with Gasteiger partial charge in [0.25, 0.3) is 0 Å². The fourth-order valence-electron chi connectivity index (χ4n) is 5.64. The summed E-state index contributed by atoms with van der Waals surface area (Å²) in [6.07, 6.45) is 5.60. The van der Waals surface area contributed by atoms with E-state index in [2.05, 4.69) is 55.4 Å². The summed E-state index contributed by atoms with van der Waals surface area (Å²) in [5.74, 6) is 2.44. The predicted molar refractivity (Wildman–Crippen MR) is 105 cm³/mol. The SMILES string of the molecule is c1ccc([C@@]23C[C@@H]2CN(c2ncnc(N4CC5(CCCNC5)C4)n2)C3)cc1. The zero-order valence-corrected chi connectivity index (χ0v) is 15.6. The Morgan fingerprint density at radius 2 is 1.81 bits per heavy atom. The molecule has 4 fully saturated rings. The van der Waals surface area contributed by atoms with Crippen LogP contribution >= 0.6 is 0 Å². The number of hydrogen-bond donors (Lipinski definition) is 1. The maximum atomic E-state index is 4.84. The van der Waals surface area contributed by atoms with Crippen molar-refractivity contribution in [3.05, 3.63) is 42.2 Å². The Bertz CT molecular complexity index is 841. The van der Waals surface area contributed by atoms with E-state index in [4.69, 9.17) is 4.98 Å². The minimum Gasteiger partial charge on any atom is -0.339 e. The van der Waals surface area contributed by atoms with E-state index in [1.807, 2.05) is 0 Å². The van der Waals surface area contributed by atoms with Crippen LogP contribution in [0.25, 0.3) is 0 Å². The average Bonchev–Trinajstić information content (AvgIpc) is 3.28. The molecule has 3 saturated heterocycles. The molecule has 0 unspecified atom stereocenters. The van der Waals surface area contributed by atoms with Gasteiger partial charge in [-0.15, -0.1) is 0 Å². The number of piperidine rings is 2. The van der Waals surface area contributed by atoms with Crippen LogP contribution in [-0.2, 0) is 5.41 Å². The van der Waals surface area contributed by atoms with Crippen LogP contribution in [0.4, 0.5) is 11.9 Å². The molecule has 1 aliphatic carbocycles. The standard InChI is InChI=1S/C21H26N6/c1-2-5-16(6-3-1)21-9-17(21)10-26(14-21)18-23-15-24-19(25-18)27-12-20(13-27)7-4-8-22-11-20/h1-3,5-6,15,17,22H,4,7-14H2/t17-,21+/m1/s1. The molecule has 6 nitrogen and oxygen atoms in total. The van der Waals surface area contributed by atoms with Gasteiger partial charge in [0.2, 0.25) is 11.9 Å². The van der Waals surface area contributed by atoms with Crippen LogP contribution in [-0.4, -0.2) is 54.2 Å². The van der Waals surface area contributed by atoms with Gasteiger partial charge in [0.15, 0.2) is 0 Å². The van der Waals surface area contributed by atoms with Crippen molar-refractivity contribution in [3.8, 4) is 0 Å². The van der Waals surface area contributed by atoms with E-state index < -0.39 is 0 Å². The number of nitrogens with one attached hydrogen (secondary N) is 1. The van der Waals surface area contributed by atoms with Crippen LogP contribution in [0.5, 0.6) is 0 Å². The van der Waals surface area contributed by atoms with Crippen molar-refractivity contribution >= 4 is 11.9 Å². The minimum atomic E-state index is 0.322. The minimum absolute atomic E-state index is 0.322. The molecule has 140 valence electrons. The highest BCUT2D eigenvalue weighted by Crippen LogP contribution is 2.59. The van der Waals surface area contributed by atoms with E-state index in [0.29, 0.717) is 10.8 Å². The molecule has 0 amide bonds. The smallest absolute Gasteiger partial charge is 0.230 e. The van der Waals surface area contributed by atoms with Gasteiger partial charge in [-0.1, -0.05) is 30.3 Å². The van der Waals surface area contributed by atoms with Gasteiger partial charge in [0.05, 0.1) is 0 Å². The molecule has 1 aromatic carbocycles. The second-order valence-electron chi connectivity index (χ2n) is 9.03. The zero-order valence-electron chi connectivity index (χ0n) is 15.6. The topological polar surface area (TPSA) is 57.2 Å². The van der Waals surface area contributed by atoms with Crippen molar-refractivity contribution in [2.75, 3.05) is 49.1 Å². The summed E-state index contributed by atoms with van der Waals surface area (Å²) in [6, 6.07) is 11.0. The Labute approximate surface area is 160 Å². The highest BCUT2D eigenvalue weighted by atomic mass is 15.4. The number of nitrogens with zero attached hydrogens (tertiary/aromatic N) is 5. The molecule has 0 bridgehead atoms. The monoisotopic (exact) mass is 362 g/mol. The maximum Gasteiger partial charge on any atom is 0.230 e. The fourth-order valence-corrected chi connectivity index (χ4v) is 5.64. The first kappa shape index (κ1) is 15.8. The Balaban J connectivity index is 1.18. The van der Waals surface area contributed by atoms with Gasteiger partial charge in [-0.2, -0.15) is 4.98 Å². The normalized spacial score (nSPS) is 30.9. The fraction of sp³-hybridized carbons (Fsp3) is 0.571. The molecule has 6 rings (SSSR count). The van der Waals surface area contributed by atoms with Crippen molar-refractivity contribution < 1.29 is 0 Å². The molecule has 1 spiro atoms. The van der Waals surface area contributed by atoms with E-state index in [0.717, 1.165) is 57.1 Å². The quantitative estimate of drug-likeness (QED) is 0.899. The van der Waals surface area contributed by atoms with Crippen molar-refractivity contribution in [2.45, 2.75) is 24.7 Å². The molecule has 6 heteroatoms. The first-order valence-corrected chi connectivity index (χ1v) is 10.2. The lowest BCUT2D eigenvalue weighted by molar-refractivity contribution is 0.155.